The Bertz CT molecular complexity index is 1680. The Morgan fingerprint density at radius 1 is 0.676 bits per heavy atom. The van der Waals surface area contributed by atoms with E-state index in [1.54, 1.807) is 6.92 Å². The number of hydrogen-bond donors (Lipinski definition) is 0. The lowest BCUT2D eigenvalue weighted by Crippen LogP contribution is -2.06. The molecule has 0 unspecified atom stereocenters. The number of halogens is 3. The van der Waals surface area contributed by atoms with Gasteiger partial charge in [-0.05, 0) is 59.7 Å². The minimum Gasteiger partial charge on any atom is -0.454 e. The average molecular weight is 454 g/mol. The Kier molecular flexibility index (Phi) is 4.45. The van der Waals surface area contributed by atoms with Crippen molar-refractivity contribution in [1.82, 2.24) is 10.2 Å². The standard InChI is InChI=1S/C28H17F3N2O/c1-16-10-11-20(28(29,30)31)15-21(16)26-22-12-17-6-2-3-7-18(17)13-23(22)27(33-32-26)25-14-19-8-4-5-9-24(19)34-25/h2-15H,1H3. The molecule has 0 saturated heterocycles. The van der Waals surface area contributed by atoms with Gasteiger partial charge in [-0.25, -0.2) is 0 Å². The van der Waals surface area contributed by atoms with Crippen molar-refractivity contribution in [2.75, 3.05) is 0 Å². The van der Waals surface area contributed by atoms with Crippen molar-refractivity contribution in [3.05, 3.63) is 96.1 Å². The second kappa shape index (κ2) is 7.42. The van der Waals surface area contributed by atoms with Gasteiger partial charge in [0.1, 0.15) is 17.0 Å². The highest BCUT2D eigenvalue weighted by Crippen LogP contribution is 2.39. The summed E-state index contributed by atoms with van der Waals surface area (Å²) in [6, 6.07) is 25.1. The van der Waals surface area contributed by atoms with E-state index in [2.05, 4.69) is 10.2 Å². The fraction of sp³-hybridized carbons (Fsp3) is 0.0714. The summed E-state index contributed by atoms with van der Waals surface area (Å²) in [6.07, 6.45) is -4.45. The molecule has 6 aromatic rings. The van der Waals surface area contributed by atoms with E-state index < -0.39 is 11.7 Å². The maximum absolute atomic E-state index is 13.5. The van der Waals surface area contributed by atoms with Crippen molar-refractivity contribution in [2.24, 2.45) is 0 Å². The number of fused-ring (bicyclic) bond motifs is 3. The summed E-state index contributed by atoms with van der Waals surface area (Å²) in [6.45, 7) is 1.78. The molecule has 0 amide bonds. The molecule has 34 heavy (non-hydrogen) atoms. The molecule has 0 fully saturated rings. The maximum atomic E-state index is 13.5. The first-order chi connectivity index (χ1) is 16.4. The SMILES string of the molecule is Cc1ccc(C(F)(F)F)cc1-c1nnc(-c2cc3ccccc3o2)c2cc3ccccc3cc12. The molecule has 0 aliphatic heterocycles. The highest BCUT2D eigenvalue weighted by Gasteiger charge is 2.31. The van der Waals surface area contributed by atoms with Gasteiger partial charge in [-0.15, -0.1) is 10.2 Å². The zero-order valence-corrected chi connectivity index (χ0v) is 18.0. The van der Waals surface area contributed by atoms with Gasteiger partial charge in [-0.3, -0.25) is 0 Å². The van der Waals surface area contributed by atoms with Crippen molar-refractivity contribution in [2.45, 2.75) is 13.1 Å². The number of para-hydroxylation sites is 1. The first-order valence-electron chi connectivity index (χ1n) is 10.7. The molecular weight excluding hydrogens is 437 g/mol. The second-order valence-corrected chi connectivity index (χ2v) is 8.32. The predicted molar refractivity (Wildman–Crippen MR) is 127 cm³/mol. The second-order valence-electron chi connectivity index (χ2n) is 8.32. The molecule has 0 N–H and O–H groups in total. The number of hydrogen-bond acceptors (Lipinski definition) is 3. The fourth-order valence-electron chi connectivity index (χ4n) is 4.37. The molecule has 2 heterocycles. The van der Waals surface area contributed by atoms with Gasteiger partial charge in [0, 0.05) is 21.7 Å². The number of rotatable bonds is 2. The monoisotopic (exact) mass is 454 g/mol. The molecule has 0 atom stereocenters. The summed E-state index contributed by atoms with van der Waals surface area (Å²) in [7, 11) is 0. The van der Waals surface area contributed by atoms with Crippen molar-refractivity contribution in [1.29, 1.82) is 0 Å². The summed E-state index contributed by atoms with van der Waals surface area (Å²) >= 11 is 0. The molecule has 0 radical (unpaired) electrons. The molecular formula is C28H17F3N2O. The predicted octanol–water partition coefficient (Wildman–Crippen LogP) is 8.19. The smallest absolute Gasteiger partial charge is 0.416 e. The topological polar surface area (TPSA) is 38.9 Å². The van der Waals surface area contributed by atoms with E-state index >= 15 is 0 Å². The lowest BCUT2D eigenvalue weighted by molar-refractivity contribution is -0.137. The van der Waals surface area contributed by atoms with Crippen molar-refractivity contribution >= 4 is 32.5 Å². The molecule has 166 valence electrons. The third kappa shape index (κ3) is 3.30. The molecule has 0 bridgehead atoms. The molecule has 0 spiro atoms. The number of nitrogens with zero attached hydrogens (tertiary/aromatic N) is 2. The van der Waals surface area contributed by atoms with E-state index in [1.807, 2.05) is 66.7 Å². The van der Waals surface area contributed by atoms with Crippen LogP contribution in [0.3, 0.4) is 0 Å². The Morgan fingerprint density at radius 2 is 1.29 bits per heavy atom. The van der Waals surface area contributed by atoms with E-state index in [1.165, 1.54) is 6.07 Å². The lowest BCUT2D eigenvalue weighted by atomic mass is 9.95. The van der Waals surface area contributed by atoms with Crippen LogP contribution in [0.25, 0.3) is 55.2 Å². The summed E-state index contributed by atoms with van der Waals surface area (Å²) < 4.78 is 46.5. The zero-order valence-electron chi connectivity index (χ0n) is 18.0. The van der Waals surface area contributed by atoms with Crippen LogP contribution < -0.4 is 0 Å². The van der Waals surface area contributed by atoms with Crippen LogP contribution in [0.15, 0.2) is 89.3 Å². The summed E-state index contributed by atoms with van der Waals surface area (Å²) in [5.41, 5.74) is 2.05. The molecule has 0 aliphatic carbocycles. The largest absolute Gasteiger partial charge is 0.454 e. The van der Waals surface area contributed by atoms with Crippen LogP contribution in [-0.4, -0.2) is 10.2 Å². The van der Waals surface area contributed by atoms with Gasteiger partial charge >= 0.3 is 6.18 Å². The summed E-state index contributed by atoms with van der Waals surface area (Å²) in [4.78, 5) is 0. The van der Waals surface area contributed by atoms with Crippen molar-refractivity contribution in [3.8, 4) is 22.7 Å². The molecule has 6 heteroatoms. The van der Waals surface area contributed by atoms with E-state index in [4.69, 9.17) is 4.42 Å². The zero-order chi connectivity index (χ0) is 23.4. The molecule has 4 aromatic carbocycles. The minimum atomic E-state index is -4.45. The van der Waals surface area contributed by atoms with Crippen LogP contribution in [0, 0.1) is 6.92 Å². The first-order valence-corrected chi connectivity index (χ1v) is 10.7. The van der Waals surface area contributed by atoms with Gasteiger partial charge < -0.3 is 4.42 Å². The Labute approximate surface area is 192 Å². The average Bonchev–Trinajstić information content (AvgIpc) is 3.26. The normalized spacial score (nSPS) is 12.1. The molecule has 0 saturated carbocycles. The molecule has 0 aliphatic rings. The highest BCUT2D eigenvalue weighted by atomic mass is 19.4. The fourth-order valence-corrected chi connectivity index (χ4v) is 4.37. The quantitative estimate of drug-likeness (QED) is 0.248. The van der Waals surface area contributed by atoms with E-state index in [0.717, 1.165) is 39.3 Å². The number of alkyl halides is 3. The molecule has 2 aromatic heterocycles. The third-order valence-corrected chi connectivity index (χ3v) is 6.13. The van der Waals surface area contributed by atoms with Crippen LogP contribution in [-0.2, 0) is 6.18 Å². The first kappa shape index (κ1) is 20.4. The van der Waals surface area contributed by atoms with E-state index in [0.29, 0.717) is 33.7 Å². The summed E-state index contributed by atoms with van der Waals surface area (Å²) in [5, 5.41) is 13.3. The van der Waals surface area contributed by atoms with Gasteiger partial charge in [-0.1, -0.05) is 48.5 Å². The number of aromatic nitrogens is 2. The van der Waals surface area contributed by atoms with Gasteiger partial charge in [0.15, 0.2) is 5.76 Å². The number of aryl methyl sites for hydroxylation is 1. The van der Waals surface area contributed by atoms with Crippen molar-refractivity contribution in [3.63, 3.8) is 0 Å². The van der Waals surface area contributed by atoms with Crippen molar-refractivity contribution < 1.29 is 17.6 Å². The van der Waals surface area contributed by atoms with Crippen LogP contribution >= 0.6 is 0 Å². The molecule has 3 nitrogen and oxygen atoms in total. The molecule has 6 rings (SSSR count). The van der Waals surface area contributed by atoms with Crippen LogP contribution in [0.1, 0.15) is 11.1 Å². The van der Waals surface area contributed by atoms with Gasteiger partial charge in [0.2, 0.25) is 0 Å². The van der Waals surface area contributed by atoms with Crippen LogP contribution in [0.4, 0.5) is 13.2 Å². The Hall–Kier alpha value is -4.19. The van der Waals surface area contributed by atoms with Gasteiger partial charge in [-0.2, -0.15) is 13.2 Å². The number of furan rings is 1. The maximum Gasteiger partial charge on any atom is 0.416 e. The van der Waals surface area contributed by atoms with E-state index in [-0.39, 0.29) is 0 Å². The van der Waals surface area contributed by atoms with E-state index in [9.17, 15) is 13.2 Å². The highest BCUT2D eigenvalue weighted by molar-refractivity contribution is 6.08. The number of benzene rings is 4. The lowest BCUT2D eigenvalue weighted by Gasteiger charge is -2.14. The minimum absolute atomic E-state index is 0.402. The van der Waals surface area contributed by atoms with Crippen LogP contribution in [0.5, 0.6) is 0 Å². The summed E-state index contributed by atoms with van der Waals surface area (Å²) in [5.74, 6) is 0.557. The van der Waals surface area contributed by atoms with Gasteiger partial charge in [0.25, 0.3) is 0 Å². The van der Waals surface area contributed by atoms with Crippen LogP contribution in [0.2, 0.25) is 0 Å². The third-order valence-electron chi connectivity index (χ3n) is 6.13. The van der Waals surface area contributed by atoms with Gasteiger partial charge in [0.05, 0.1) is 5.56 Å². The Balaban J connectivity index is 1.68. The Morgan fingerprint density at radius 3 is 1.97 bits per heavy atom.